The molecule has 7 atom stereocenters. The number of aliphatic hydroxyl groups excluding tert-OH is 1. The van der Waals surface area contributed by atoms with E-state index >= 15 is 0 Å². The number of allylic oxidation sites excluding steroid dienone is 1. The second-order valence-corrected chi connectivity index (χ2v) is 9.59. The Labute approximate surface area is 195 Å². The molecule has 1 aromatic rings. The standard InChI is InChI=1S/C24H27NO9/c1-8-16-19(24-14(32-8)7-15(27)34-24)23(31)17-12(26)5-10(21(29)18(17)22(16)30)13-6-11(25(3)4)20(28)9(2)33-13/h5,8-9,11,13-14,20,24,28,30-31H,6-7H2,1-4H3/t8-,9?,11?,13?,14?,20?,24?/m1/s1. The van der Waals surface area contributed by atoms with Crippen molar-refractivity contribution in [3.63, 3.8) is 0 Å². The van der Waals surface area contributed by atoms with Gasteiger partial charge in [-0.15, -0.1) is 0 Å². The number of aromatic hydroxyl groups is 2. The van der Waals surface area contributed by atoms with Crippen molar-refractivity contribution in [3.05, 3.63) is 33.9 Å². The number of hydrogen-bond donors (Lipinski definition) is 3. The van der Waals surface area contributed by atoms with Gasteiger partial charge in [-0.2, -0.15) is 0 Å². The van der Waals surface area contributed by atoms with E-state index in [2.05, 4.69) is 0 Å². The Hall–Kier alpha value is -2.79. The Bertz CT molecular complexity index is 1140. The lowest BCUT2D eigenvalue weighted by atomic mass is 9.78. The van der Waals surface area contributed by atoms with E-state index in [9.17, 15) is 29.7 Å². The van der Waals surface area contributed by atoms with Crippen LogP contribution in [-0.2, 0) is 19.0 Å². The molecule has 4 aliphatic rings. The molecule has 3 N–H and O–H groups in total. The number of hydrogen-bond acceptors (Lipinski definition) is 10. The predicted molar refractivity (Wildman–Crippen MR) is 116 cm³/mol. The van der Waals surface area contributed by atoms with E-state index in [1.165, 1.54) is 0 Å². The van der Waals surface area contributed by atoms with Crippen molar-refractivity contribution in [2.75, 3.05) is 14.1 Å². The SMILES string of the molecule is CC1OC(C2=CC(=O)c3c(O)c4c(c(O)c3C2=O)[C@@H](C)OC2CC(=O)OC42)CC(N(C)C)C1O. The molecule has 0 amide bonds. The van der Waals surface area contributed by atoms with Gasteiger partial charge in [0.25, 0.3) is 0 Å². The second kappa shape index (κ2) is 7.88. The maximum Gasteiger partial charge on any atom is 0.309 e. The minimum Gasteiger partial charge on any atom is -0.507 e. The summed E-state index contributed by atoms with van der Waals surface area (Å²) in [5.74, 6) is -2.79. The molecule has 5 rings (SSSR count). The number of carbonyl (C=O) groups excluding carboxylic acids is 3. The zero-order valence-electron chi connectivity index (χ0n) is 19.3. The van der Waals surface area contributed by atoms with Crippen molar-refractivity contribution < 1.29 is 43.9 Å². The lowest BCUT2D eigenvalue weighted by Crippen LogP contribution is -2.53. The highest BCUT2D eigenvalue weighted by Gasteiger charge is 2.49. The summed E-state index contributed by atoms with van der Waals surface area (Å²) in [4.78, 5) is 40.5. The first-order chi connectivity index (χ1) is 16.0. The second-order valence-electron chi connectivity index (χ2n) is 9.59. The molecule has 1 aromatic carbocycles. The van der Waals surface area contributed by atoms with Crippen LogP contribution in [0.5, 0.6) is 11.5 Å². The average molecular weight is 473 g/mol. The van der Waals surface area contributed by atoms with Gasteiger partial charge in [0.1, 0.15) is 17.6 Å². The Morgan fingerprint density at radius 2 is 1.68 bits per heavy atom. The molecule has 3 aliphatic heterocycles. The Kier molecular flexibility index (Phi) is 5.32. The quantitative estimate of drug-likeness (QED) is 0.425. The van der Waals surface area contributed by atoms with Crippen LogP contribution in [0.1, 0.15) is 70.7 Å². The molecule has 3 heterocycles. The Morgan fingerprint density at radius 3 is 2.35 bits per heavy atom. The fourth-order valence-corrected chi connectivity index (χ4v) is 5.60. The van der Waals surface area contributed by atoms with Gasteiger partial charge >= 0.3 is 5.97 Å². The molecular weight excluding hydrogens is 446 g/mol. The van der Waals surface area contributed by atoms with Crippen LogP contribution >= 0.6 is 0 Å². The van der Waals surface area contributed by atoms with E-state index in [4.69, 9.17) is 14.2 Å². The summed E-state index contributed by atoms with van der Waals surface area (Å²) in [5, 5.41) is 32.8. The van der Waals surface area contributed by atoms with Gasteiger partial charge in [0.2, 0.25) is 0 Å². The topological polar surface area (TPSA) is 143 Å². The molecule has 10 heteroatoms. The number of phenols is 2. The van der Waals surface area contributed by atoms with Gasteiger partial charge in [-0.1, -0.05) is 0 Å². The largest absolute Gasteiger partial charge is 0.507 e. The van der Waals surface area contributed by atoms with E-state index in [-0.39, 0.29) is 46.7 Å². The van der Waals surface area contributed by atoms with Gasteiger partial charge in [-0.3, -0.25) is 14.4 Å². The molecule has 0 saturated carbocycles. The maximum atomic E-state index is 13.6. The zero-order valence-corrected chi connectivity index (χ0v) is 19.3. The van der Waals surface area contributed by atoms with Crippen LogP contribution in [0.15, 0.2) is 11.6 Å². The number of esters is 1. The Balaban J connectivity index is 1.61. The highest BCUT2D eigenvalue weighted by Crippen LogP contribution is 2.53. The summed E-state index contributed by atoms with van der Waals surface area (Å²) in [7, 11) is 3.61. The van der Waals surface area contributed by atoms with Crippen LogP contribution < -0.4 is 0 Å². The smallest absolute Gasteiger partial charge is 0.309 e. The van der Waals surface area contributed by atoms with Gasteiger partial charge in [0.05, 0.1) is 42.0 Å². The minimum absolute atomic E-state index is 0.0151. The number of phenolic OH excluding ortho intramolecular Hbond substituents is 2. The third-order valence-corrected chi connectivity index (χ3v) is 7.30. The van der Waals surface area contributed by atoms with E-state index in [1.54, 1.807) is 27.9 Å². The number of ether oxygens (including phenoxy) is 3. The number of aliphatic hydroxyl groups is 1. The lowest BCUT2D eigenvalue weighted by Gasteiger charge is -2.42. The summed E-state index contributed by atoms with van der Waals surface area (Å²) >= 11 is 0. The van der Waals surface area contributed by atoms with Crippen LogP contribution in [0.3, 0.4) is 0 Å². The molecule has 1 aliphatic carbocycles. The van der Waals surface area contributed by atoms with E-state index in [1.807, 2.05) is 4.90 Å². The van der Waals surface area contributed by atoms with Crippen molar-refractivity contribution in [1.82, 2.24) is 4.90 Å². The normalized spacial score (nSPS) is 34.9. The molecule has 0 aromatic heterocycles. The van der Waals surface area contributed by atoms with Crippen LogP contribution in [0, 0.1) is 0 Å². The molecule has 0 radical (unpaired) electrons. The number of carbonyl (C=O) groups is 3. The summed E-state index contributed by atoms with van der Waals surface area (Å²) in [6, 6.07) is -0.313. The highest BCUT2D eigenvalue weighted by molar-refractivity contribution is 6.27. The molecule has 2 saturated heterocycles. The number of likely N-dealkylation sites (N-methyl/N-ethyl adjacent to an activating group) is 1. The van der Waals surface area contributed by atoms with Crippen LogP contribution in [0.2, 0.25) is 0 Å². The maximum absolute atomic E-state index is 13.6. The van der Waals surface area contributed by atoms with E-state index in [0.717, 1.165) is 6.08 Å². The third-order valence-electron chi connectivity index (χ3n) is 7.30. The molecule has 0 bridgehead atoms. The first-order valence-electron chi connectivity index (χ1n) is 11.3. The lowest BCUT2D eigenvalue weighted by molar-refractivity contribution is -0.143. The Morgan fingerprint density at radius 1 is 1.00 bits per heavy atom. The molecule has 6 unspecified atom stereocenters. The summed E-state index contributed by atoms with van der Waals surface area (Å²) < 4.78 is 17.0. The first-order valence-corrected chi connectivity index (χ1v) is 11.3. The number of nitrogens with zero attached hydrogens (tertiary/aromatic N) is 1. The number of ketones is 2. The molecule has 34 heavy (non-hydrogen) atoms. The molecular formula is C24H27NO9. The van der Waals surface area contributed by atoms with Gasteiger partial charge in [-0.05, 0) is 40.4 Å². The molecule has 2 fully saturated rings. The number of rotatable bonds is 2. The number of benzene rings is 1. The van der Waals surface area contributed by atoms with Gasteiger partial charge < -0.3 is 34.4 Å². The van der Waals surface area contributed by atoms with Crippen molar-refractivity contribution in [1.29, 1.82) is 0 Å². The fourth-order valence-electron chi connectivity index (χ4n) is 5.60. The van der Waals surface area contributed by atoms with Gasteiger partial charge in [0.15, 0.2) is 17.7 Å². The van der Waals surface area contributed by atoms with Crippen LogP contribution in [-0.4, -0.2) is 82.3 Å². The molecule has 10 nitrogen and oxygen atoms in total. The molecule has 182 valence electrons. The van der Waals surface area contributed by atoms with E-state index in [0.29, 0.717) is 0 Å². The first kappa shape index (κ1) is 23.0. The van der Waals surface area contributed by atoms with Gasteiger partial charge in [0, 0.05) is 22.7 Å². The third kappa shape index (κ3) is 3.20. The van der Waals surface area contributed by atoms with Crippen LogP contribution in [0.4, 0.5) is 0 Å². The van der Waals surface area contributed by atoms with E-state index < -0.39 is 65.7 Å². The summed E-state index contributed by atoms with van der Waals surface area (Å²) in [6.45, 7) is 3.32. The van der Waals surface area contributed by atoms with Crippen LogP contribution in [0.25, 0.3) is 0 Å². The number of fused-ring (bicyclic) bond motifs is 4. The average Bonchev–Trinajstić information content (AvgIpc) is 3.13. The van der Waals surface area contributed by atoms with Crippen molar-refractivity contribution in [2.45, 2.75) is 69.4 Å². The zero-order chi connectivity index (χ0) is 24.6. The van der Waals surface area contributed by atoms with Crippen molar-refractivity contribution in [3.8, 4) is 11.5 Å². The monoisotopic (exact) mass is 473 g/mol. The predicted octanol–water partition coefficient (Wildman–Crippen LogP) is 1.32. The van der Waals surface area contributed by atoms with Gasteiger partial charge in [-0.25, -0.2) is 0 Å². The fraction of sp³-hybridized carbons (Fsp3) is 0.542. The molecule has 0 spiro atoms. The van der Waals surface area contributed by atoms with Crippen molar-refractivity contribution >= 4 is 17.5 Å². The minimum atomic E-state index is -0.979. The number of Topliss-reactive ketones (excluding diaryl/α,β-unsaturated/α-hetero) is 1. The van der Waals surface area contributed by atoms with Crippen molar-refractivity contribution in [2.24, 2.45) is 0 Å². The highest BCUT2D eigenvalue weighted by atomic mass is 16.6. The summed E-state index contributed by atoms with van der Waals surface area (Å²) in [6.07, 6.45) is -3.19. The summed E-state index contributed by atoms with van der Waals surface area (Å²) in [5.41, 5.74) is -0.377.